The predicted molar refractivity (Wildman–Crippen MR) is 90.5 cm³/mol. The van der Waals surface area contributed by atoms with Gasteiger partial charge in [-0.15, -0.1) is 0 Å². The Morgan fingerprint density at radius 2 is 1.96 bits per heavy atom. The summed E-state index contributed by atoms with van der Waals surface area (Å²) in [5.41, 5.74) is 0.791. The number of halogens is 1. The van der Waals surface area contributed by atoms with Crippen molar-refractivity contribution in [2.45, 2.75) is 19.0 Å². The van der Waals surface area contributed by atoms with Crippen LogP contribution in [0.4, 0.5) is 4.79 Å². The zero-order chi connectivity index (χ0) is 17.7. The fourth-order valence-electron chi connectivity index (χ4n) is 2.31. The van der Waals surface area contributed by atoms with Gasteiger partial charge in [0, 0.05) is 18.1 Å². The van der Waals surface area contributed by atoms with E-state index in [1.54, 1.807) is 24.3 Å². The van der Waals surface area contributed by atoms with Crippen LogP contribution in [0.25, 0.3) is 0 Å². The molecule has 0 aromatic heterocycles. The molecule has 0 radical (unpaired) electrons. The molecule has 130 valence electrons. The average molecular weight is 353 g/mol. The van der Waals surface area contributed by atoms with Gasteiger partial charge in [-0.3, -0.25) is 14.5 Å². The summed E-state index contributed by atoms with van der Waals surface area (Å²) in [6.45, 7) is 1.36. The van der Waals surface area contributed by atoms with Gasteiger partial charge in [-0.05, 0) is 31.8 Å². The number of nitrogens with one attached hydrogen (secondary N) is 2. The lowest BCUT2D eigenvalue weighted by atomic mass is 10.1. The van der Waals surface area contributed by atoms with E-state index < -0.39 is 18.0 Å². The molecule has 8 heteroatoms. The molecule has 2 N–H and O–H groups in total. The van der Waals surface area contributed by atoms with E-state index in [0.29, 0.717) is 18.1 Å². The van der Waals surface area contributed by atoms with Crippen LogP contribution < -0.4 is 10.6 Å². The highest BCUT2D eigenvalue weighted by atomic mass is 35.5. The van der Waals surface area contributed by atoms with Crippen LogP contribution >= 0.6 is 11.6 Å². The zero-order valence-electron chi connectivity index (χ0n) is 13.7. The van der Waals surface area contributed by atoms with Crippen molar-refractivity contribution in [1.29, 1.82) is 0 Å². The smallest absolute Gasteiger partial charge is 0.325 e. The molecule has 1 fully saturated rings. The third-order valence-corrected chi connectivity index (χ3v) is 3.88. The number of imide groups is 1. The molecule has 1 aliphatic rings. The minimum atomic E-state index is -0.816. The molecule has 7 nitrogen and oxygen atoms in total. The first kappa shape index (κ1) is 18.2. The van der Waals surface area contributed by atoms with E-state index in [4.69, 9.17) is 11.6 Å². The number of hydrogen-bond donors (Lipinski definition) is 2. The van der Waals surface area contributed by atoms with Gasteiger partial charge >= 0.3 is 6.03 Å². The van der Waals surface area contributed by atoms with Crippen molar-refractivity contribution in [3.8, 4) is 0 Å². The summed E-state index contributed by atoms with van der Waals surface area (Å²) < 4.78 is 0. The topological polar surface area (TPSA) is 81.8 Å². The molecule has 0 aliphatic carbocycles. The molecule has 0 spiro atoms. The average Bonchev–Trinajstić information content (AvgIpc) is 2.76. The summed E-state index contributed by atoms with van der Waals surface area (Å²) in [7, 11) is 3.81. The monoisotopic (exact) mass is 352 g/mol. The Hall–Kier alpha value is -2.12. The molecule has 0 bridgehead atoms. The number of urea groups is 1. The van der Waals surface area contributed by atoms with Crippen LogP contribution in [-0.2, 0) is 16.1 Å². The van der Waals surface area contributed by atoms with Crippen LogP contribution in [0.3, 0.4) is 0 Å². The lowest BCUT2D eigenvalue weighted by Gasteiger charge is -2.13. The molecule has 2 rings (SSSR count). The number of amides is 4. The Morgan fingerprint density at radius 1 is 1.29 bits per heavy atom. The number of rotatable bonds is 7. The van der Waals surface area contributed by atoms with E-state index in [1.165, 1.54) is 0 Å². The van der Waals surface area contributed by atoms with E-state index in [-0.39, 0.29) is 18.9 Å². The second-order valence-electron chi connectivity index (χ2n) is 5.91. The fraction of sp³-hybridized carbons (Fsp3) is 0.438. The van der Waals surface area contributed by atoms with Crippen LogP contribution in [0.5, 0.6) is 0 Å². The first-order valence-corrected chi connectivity index (χ1v) is 8.02. The molecule has 1 aliphatic heterocycles. The van der Waals surface area contributed by atoms with Gasteiger partial charge in [-0.1, -0.05) is 23.7 Å². The Labute approximate surface area is 145 Å². The molecule has 1 atom stereocenters. The van der Waals surface area contributed by atoms with Crippen LogP contribution in [0.15, 0.2) is 24.3 Å². The molecule has 4 amide bonds. The number of nitrogens with zero attached hydrogens (tertiary/aromatic N) is 2. The fourth-order valence-corrected chi connectivity index (χ4v) is 2.44. The Balaban J connectivity index is 1.88. The quantitative estimate of drug-likeness (QED) is 0.712. The van der Waals surface area contributed by atoms with Crippen LogP contribution in [0, 0.1) is 0 Å². The number of carbonyl (C=O) groups excluding carboxylic acids is 3. The summed E-state index contributed by atoms with van der Waals surface area (Å²) in [6.07, 6.45) is -0.0604. The van der Waals surface area contributed by atoms with E-state index in [1.807, 2.05) is 19.0 Å². The van der Waals surface area contributed by atoms with Gasteiger partial charge in [0.1, 0.15) is 6.04 Å². The molecule has 1 aromatic rings. The van der Waals surface area contributed by atoms with Crippen molar-refractivity contribution in [1.82, 2.24) is 20.4 Å². The van der Waals surface area contributed by atoms with Gasteiger partial charge in [0.25, 0.3) is 5.91 Å². The van der Waals surface area contributed by atoms with Gasteiger partial charge in [-0.25, -0.2) is 4.79 Å². The van der Waals surface area contributed by atoms with Gasteiger partial charge in [0.05, 0.1) is 13.0 Å². The SMILES string of the molecule is CN(C)CCNC(=O)C[C@@H]1NC(=O)N(Cc2ccc(Cl)cc2)C1=O. The summed E-state index contributed by atoms with van der Waals surface area (Å²) in [5.74, 6) is -0.651. The van der Waals surface area contributed by atoms with Crippen molar-refractivity contribution in [3.63, 3.8) is 0 Å². The third kappa shape index (κ3) is 4.94. The van der Waals surface area contributed by atoms with Crippen LogP contribution in [0.2, 0.25) is 5.02 Å². The summed E-state index contributed by atoms with van der Waals surface area (Å²) >= 11 is 5.82. The van der Waals surface area contributed by atoms with Crippen molar-refractivity contribution >= 4 is 29.4 Å². The van der Waals surface area contributed by atoms with Crippen LogP contribution in [0.1, 0.15) is 12.0 Å². The second kappa shape index (κ2) is 8.12. The molecule has 1 heterocycles. The molecule has 24 heavy (non-hydrogen) atoms. The maximum absolute atomic E-state index is 12.3. The minimum Gasteiger partial charge on any atom is -0.355 e. The first-order chi connectivity index (χ1) is 11.4. The lowest BCUT2D eigenvalue weighted by molar-refractivity contribution is -0.131. The highest BCUT2D eigenvalue weighted by molar-refractivity contribution is 6.30. The van der Waals surface area contributed by atoms with Crippen LogP contribution in [-0.4, -0.2) is 60.9 Å². The van der Waals surface area contributed by atoms with E-state index in [0.717, 1.165) is 10.5 Å². The summed E-state index contributed by atoms with van der Waals surface area (Å²) in [4.78, 5) is 39.2. The lowest BCUT2D eigenvalue weighted by Crippen LogP contribution is -2.38. The van der Waals surface area contributed by atoms with Crippen molar-refractivity contribution in [3.05, 3.63) is 34.9 Å². The highest BCUT2D eigenvalue weighted by Crippen LogP contribution is 2.16. The molecule has 1 aromatic carbocycles. The highest BCUT2D eigenvalue weighted by Gasteiger charge is 2.38. The number of likely N-dealkylation sites (N-methyl/N-ethyl adjacent to an activating group) is 1. The standard InChI is InChI=1S/C16H21ClN4O3/c1-20(2)8-7-18-14(22)9-13-15(23)21(16(24)19-13)10-11-3-5-12(17)6-4-11/h3-6,13H,7-10H2,1-2H3,(H,18,22)(H,19,24)/t13-/m0/s1. The first-order valence-electron chi connectivity index (χ1n) is 7.64. The van der Waals surface area contributed by atoms with E-state index in [9.17, 15) is 14.4 Å². The molecule has 1 saturated heterocycles. The maximum Gasteiger partial charge on any atom is 0.325 e. The van der Waals surface area contributed by atoms with E-state index >= 15 is 0 Å². The zero-order valence-corrected chi connectivity index (χ0v) is 14.5. The summed E-state index contributed by atoms with van der Waals surface area (Å²) in [5, 5.41) is 5.87. The number of hydrogen-bond acceptors (Lipinski definition) is 4. The minimum absolute atomic E-state index is 0.0604. The number of carbonyl (C=O) groups is 3. The van der Waals surface area contributed by atoms with Gasteiger partial charge in [0.15, 0.2) is 0 Å². The van der Waals surface area contributed by atoms with Crippen molar-refractivity contribution in [2.75, 3.05) is 27.2 Å². The second-order valence-corrected chi connectivity index (χ2v) is 6.35. The normalized spacial score (nSPS) is 17.3. The maximum atomic E-state index is 12.3. The Bertz CT molecular complexity index is 618. The van der Waals surface area contributed by atoms with Crippen molar-refractivity contribution in [2.24, 2.45) is 0 Å². The predicted octanol–water partition coefficient (Wildman–Crippen LogP) is 0.828. The van der Waals surface area contributed by atoms with Gasteiger partial charge < -0.3 is 15.5 Å². The Kier molecular flexibility index (Phi) is 6.16. The van der Waals surface area contributed by atoms with Crippen molar-refractivity contribution < 1.29 is 14.4 Å². The molecular formula is C16H21ClN4O3. The molecule has 0 unspecified atom stereocenters. The van der Waals surface area contributed by atoms with E-state index in [2.05, 4.69) is 10.6 Å². The Morgan fingerprint density at radius 3 is 2.58 bits per heavy atom. The van der Waals surface area contributed by atoms with Gasteiger partial charge in [0.2, 0.25) is 5.91 Å². The third-order valence-electron chi connectivity index (χ3n) is 3.63. The molecular weight excluding hydrogens is 332 g/mol. The largest absolute Gasteiger partial charge is 0.355 e. The number of benzene rings is 1. The van der Waals surface area contributed by atoms with Gasteiger partial charge in [-0.2, -0.15) is 0 Å². The summed E-state index contributed by atoms with van der Waals surface area (Å²) in [6, 6.07) is 5.61. The molecule has 0 saturated carbocycles.